The van der Waals surface area contributed by atoms with Gasteiger partial charge in [0.05, 0.1) is 0 Å². The molecule has 0 saturated heterocycles. The molecule has 0 radical (unpaired) electrons. The number of rotatable bonds is 7. The average Bonchev–Trinajstić information content (AvgIpc) is 2.66. The fourth-order valence-electron chi connectivity index (χ4n) is 2.40. The van der Waals surface area contributed by atoms with Crippen LogP contribution in [0.15, 0.2) is 64.8 Å². The first-order valence-corrected chi connectivity index (χ1v) is 9.44. The molecule has 2 aromatic rings. The summed E-state index contributed by atoms with van der Waals surface area (Å²) in [5, 5.41) is 14.4. The molecule has 7 heteroatoms. The minimum atomic E-state index is -1.14. The number of carbonyl (C=O) groups excluding carboxylic acids is 2. The first kappa shape index (κ1) is 21.4. The van der Waals surface area contributed by atoms with Gasteiger partial charge in [0, 0.05) is 10.0 Å². The van der Waals surface area contributed by atoms with E-state index in [0.717, 1.165) is 4.47 Å². The summed E-state index contributed by atoms with van der Waals surface area (Å²) in [4.78, 5) is 36.7. The molecular weight excluding hydrogens is 424 g/mol. The third-order valence-electron chi connectivity index (χ3n) is 3.93. The number of nitrogens with one attached hydrogen (secondary N) is 2. The van der Waals surface area contributed by atoms with Gasteiger partial charge in [0.1, 0.15) is 11.7 Å². The number of halogens is 1. The first-order valence-electron chi connectivity index (χ1n) is 8.65. The van der Waals surface area contributed by atoms with Gasteiger partial charge < -0.3 is 15.7 Å². The Kier molecular flexibility index (Phi) is 7.52. The molecule has 6 nitrogen and oxygen atoms in total. The van der Waals surface area contributed by atoms with Crippen LogP contribution in [0.25, 0.3) is 6.08 Å². The second-order valence-electron chi connectivity index (χ2n) is 6.46. The largest absolute Gasteiger partial charge is 0.480 e. The predicted octanol–water partition coefficient (Wildman–Crippen LogP) is 3.45. The van der Waals surface area contributed by atoms with Gasteiger partial charge in [-0.3, -0.25) is 9.59 Å². The van der Waals surface area contributed by atoms with Gasteiger partial charge in [-0.1, -0.05) is 60.1 Å². The maximum Gasteiger partial charge on any atom is 0.326 e. The van der Waals surface area contributed by atoms with Crippen LogP contribution in [0, 0.1) is 5.92 Å². The average molecular weight is 445 g/mol. The molecule has 0 heterocycles. The van der Waals surface area contributed by atoms with Crippen LogP contribution >= 0.6 is 15.9 Å². The highest BCUT2D eigenvalue weighted by molar-refractivity contribution is 9.10. The van der Waals surface area contributed by atoms with Crippen molar-refractivity contribution in [2.24, 2.45) is 5.92 Å². The van der Waals surface area contributed by atoms with E-state index in [-0.39, 0.29) is 11.6 Å². The number of carboxylic acid groups (broad SMARTS) is 1. The fraction of sp³-hybridized carbons (Fsp3) is 0.190. The van der Waals surface area contributed by atoms with Gasteiger partial charge in [-0.2, -0.15) is 0 Å². The maximum atomic E-state index is 12.7. The van der Waals surface area contributed by atoms with Crippen LogP contribution in [0.1, 0.15) is 29.8 Å². The number of hydrogen-bond acceptors (Lipinski definition) is 3. The van der Waals surface area contributed by atoms with E-state index in [9.17, 15) is 19.5 Å². The molecule has 146 valence electrons. The number of amides is 2. The Morgan fingerprint density at radius 1 is 1.00 bits per heavy atom. The molecule has 0 aromatic heterocycles. The van der Waals surface area contributed by atoms with Gasteiger partial charge in [-0.05, 0) is 41.8 Å². The number of benzene rings is 2. The van der Waals surface area contributed by atoms with Crippen molar-refractivity contribution in [3.63, 3.8) is 0 Å². The van der Waals surface area contributed by atoms with Crippen molar-refractivity contribution in [1.82, 2.24) is 10.6 Å². The summed E-state index contributed by atoms with van der Waals surface area (Å²) < 4.78 is 0.822. The topological polar surface area (TPSA) is 95.5 Å². The summed E-state index contributed by atoms with van der Waals surface area (Å²) in [6.45, 7) is 3.39. The van der Waals surface area contributed by atoms with Crippen LogP contribution in [0.3, 0.4) is 0 Å². The van der Waals surface area contributed by atoms with Gasteiger partial charge in [-0.15, -0.1) is 0 Å². The van der Waals surface area contributed by atoms with E-state index in [1.807, 2.05) is 6.07 Å². The molecule has 2 aromatic carbocycles. The molecular formula is C21H21BrN2O4. The minimum Gasteiger partial charge on any atom is -0.480 e. The highest BCUT2D eigenvalue weighted by Crippen LogP contribution is 2.12. The van der Waals surface area contributed by atoms with Gasteiger partial charge in [0.15, 0.2) is 0 Å². The lowest BCUT2D eigenvalue weighted by Gasteiger charge is -2.19. The highest BCUT2D eigenvalue weighted by atomic mass is 79.9. The Balaban J connectivity index is 2.30. The molecule has 3 N–H and O–H groups in total. The third-order valence-corrected chi connectivity index (χ3v) is 4.46. The molecule has 0 fully saturated rings. The number of carboxylic acids is 1. The molecule has 0 saturated carbocycles. The Morgan fingerprint density at radius 3 is 2.14 bits per heavy atom. The standard InChI is InChI=1S/C21H21BrN2O4/c1-13(2)18(21(27)28)24-20(26)17(12-14-6-4-3-5-7-14)23-19(25)15-8-10-16(22)11-9-15/h3-13,18H,1-2H3,(H,23,25)(H,24,26)(H,27,28)/b17-12-/t18-/m0/s1. The third kappa shape index (κ3) is 6.06. The highest BCUT2D eigenvalue weighted by Gasteiger charge is 2.25. The van der Waals surface area contributed by atoms with Crippen molar-refractivity contribution in [2.45, 2.75) is 19.9 Å². The van der Waals surface area contributed by atoms with E-state index in [1.165, 1.54) is 6.08 Å². The minimum absolute atomic E-state index is 0.0361. The molecule has 0 aliphatic rings. The van der Waals surface area contributed by atoms with E-state index in [2.05, 4.69) is 26.6 Å². The summed E-state index contributed by atoms with van der Waals surface area (Å²) in [6.07, 6.45) is 1.51. The quantitative estimate of drug-likeness (QED) is 0.569. The second kappa shape index (κ2) is 9.85. The Hall–Kier alpha value is -2.93. The van der Waals surface area contributed by atoms with E-state index >= 15 is 0 Å². The van der Waals surface area contributed by atoms with Gasteiger partial charge >= 0.3 is 5.97 Å². The van der Waals surface area contributed by atoms with Crippen molar-refractivity contribution in [3.05, 3.63) is 75.9 Å². The Labute approximate surface area is 171 Å². The van der Waals surface area contributed by atoms with E-state index in [4.69, 9.17) is 0 Å². The molecule has 0 aliphatic heterocycles. The normalized spacial score (nSPS) is 12.4. The maximum absolute atomic E-state index is 12.7. The van der Waals surface area contributed by atoms with Crippen LogP contribution < -0.4 is 10.6 Å². The fourth-order valence-corrected chi connectivity index (χ4v) is 2.67. The van der Waals surface area contributed by atoms with Gasteiger partial charge in [0.25, 0.3) is 11.8 Å². The molecule has 0 bridgehead atoms. The predicted molar refractivity (Wildman–Crippen MR) is 110 cm³/mol. The summed E-state index contributed by atoms with van der Waals surface area (Å²) in [5.74, 6) is -2.60. The second-order valence-corrected chi connectivity index (χ2v) is 7.38. The number of hydrogen-bond donors (Lipinski definition) is 3. The van der Waals surface area contributed by atoms with Gasteiger partial charge in [0.2, 0.25) is 0 Å². The molecule has 2 amide bonds. The van der Waals surface area contributed by atoms with Crippen LogP contribution in [-0.2, 0) is 9.59 Å². The Morgan fingerprint density at radius 2 is 1.61 bits per heavy atom. The van der Waals surface area contributed by atoms with Crippen molar-refractivity contribution in [2.75, 3.05) is 0 Å². The van der Waals surface area contributed by atoms with E-state index < -0.39 is 23.8 Å². The van der Waals surface area contributed by atoms with Crippen molar-refractivity contribution in [3.8, 4) is 0 Å². The zero-order valence-electron chi connectivity index (χ0n) is 15.5. The number of aliphatic carboxylic acids is 1. The smallest absolute Gasteiger partial charge is 0.326 e. The molecule has 0 spiro atoms. The summed E-state index contributed by atoms with van der Waals surface area (Å²) in [7, 11) is 0. The van der Waals surface area contributed by atoms with Crippen LogP contribution in [-0.4, -0.2) is 28.9 Å². The SMILES string of the molecule is CC(C)[C@H](NC(=O)/C(=C/c1ccccc1)NC(=O)c1ccc(Br)cc1)C(=O)O. The monoisotopic (exact) mass is 444 g/mol. The molecule has 28 heavy (non-hydrogen) atoms. The van der Waals surface area contributed by atoms with Gasteiger partial charge in [-0.25, -0.2) is 4.79 Å². The first-order chi connectivity index (χ1) is 13.3. The lowest BCUT2D eigenvalue weighted by molar-refractivity contribution is -0.142. The van der Waals surface area contributed by atoms with Crippen LogP contribution in [0.2, 0.25) is 0 Å². The summed E-state index contributed by atoms with van der Waals surface area (Å²) >= 11 is 3.30. The summed E-state index contributed by atoms with van der Waals surface area (Å²) in [5.41, 5.74) is 1.03. The zero-order chi connectivity index (χ0) is 20.7. The van der Waals surface area contributed by atoms with E-state index in [1.54, 1.807) is 62.4 Å². The molecule has 0 unspecified atom stereocenters. The van der Waals surface area contributed by atoms with Crippen molar-refractivity contribution in [1.29, 1.82) is 0 Å². The van der Waals surface area contributed by atoms with E-state index in [0.29, 0.717) is 11.1 Å². The van der Waals surface area contributed by atoms with Crippen molar-refractivity contribution >= 4 is 39.8 Å². The lowest BCUT2D eigenvalue weighted by atomic mass is 10.0. The van der Waals surface area contributed by atoms with Crippen LogP contribution in [0.5, 0.6) is 0 Å². The summed E-state index contributed by atoms with van der Waals surface area (Å²) in [6, 6.07) is 14.6. The molecule has 2 rings (SSSR count). The lowest BCUT2D eigenvalue weighted by Crippen LogP contribution is -2.47. The molecule has 0 aliphatic carbocycles. The van der Waals surface area contributed by atoms with Crippen LogP contribution in [0.4, 0.5) is 0 Å². The molecule has 1 atom stereocenters. The number of carbonyl (C=O) groups is 3. The van der Waals surface area contributed by atoms with Crippen molar-refractivity contribution < 1.29 is 19.5 Å². The Bertz CT molecular complexity index is 877. The zero-order valence-corrected chi connectivity index (χ0v) is 17.1.